The normalized spacial score (nSPS) is 28.7. The van der Waals surface area contributed by atoms with Crippen LogP contribution in [0.3, 0.4) is 0 Å². The van der Waals surface area contributed by atoms with Crippen molar-refractivity contribution in [2.75, 3.05) is 5.73 Å². The molecule has 0 amide bonds. The third-order valence-electron chi connectivity index (χ3n) is 5.06. The molecule has 1 unspecified atom stereocenters. The summed E-state index contributed by atoms with van der Waals surface area (Å²) in [7, 11) is 0. The van der Waals surface area contributed by atoms with E-state index in [1.807, 2.05) is 0 Å². The molecule has 1 fully saturated rings. The Morgan fingerprint density at radius 2 is 1.93 bits per heavy atom. The number of rotatable bonds is 3. The van der Waals surface area contributed by atoms with E-state index in [-0.39, 0.29) is 5.82 Å². The van der Waals surface area contributed by atoms with Gasteiger partial charge in [-0.1, -0.05) is 23.2 Å². The van der Waals surface area contributed by atoms with Crippen LogP contribution in [0.25, 0.3) is 11.0 Å². The van der Waals surface area contributed by atoms with Gasteiger partial charge in [0.1, 0.15) is 41.7 Å². The minimum atomic E-state index is -1.77. The third kappa shape index (κ3) is 3.02. The summed E-state index contributed by atoms with van der Waals surface area (Å²) in [5.41, 5.74) is 4.88. The molecule has 1 aliphatic rings. The molecule has 8 nitrogen and oxygen atoms in total. The van der Waals surface area contributed by atoms with E-state index < -0.39 is 30.1 Å². The topological polar surface area (TPSA) is 127 Å². The largest absolute Gasteiger partial charge is 0.386 e. The molecule has 5 atom stereocenters. The van der Waals surface area contributed by atoms with E-state index in [0.717, 1.165) is 0 Å². The maximum atomic E-state index is 10.9. The number of nitrogens with zero attached hydrogens (tertiary/aromatic N) is 3. The van der Waals surface area contributed by atoms with Crippen LogP contribution in [0.1, 0.15) is 24.8 Å². The molecule has 0 saturated carbocycles. The first-order valence-corrected chi connectivity index (χ1v) is 9.22. The average molecular weight is 425 g/mol. The van der Waals surface area contributed by atoms with Crippen molar-refractivity contribution in [2.45, 2.75) is 37.1 Å². The quantitative estimate of drug-likeness (QED) is 0.506. The van der Waals surface area contributed by atoms with Crippen molar-refractivity contribution in [2.24, 2.45) is 0 Å². The van der Waals surface area contributed by atoms with E-state index in [1.165, 1.54) is 31.5 Å². The minimum Gasteiger partial charge on any atom is -0.386 e. The average Bonchev–Trinajstić information content (AvgIpc) is 3.14. The van der Waals surface area contributed by atoms with Crippen LogP contribution >= 0.6 is 23.2 Å². The van der Waals surface area contributed by atoms with Crippen molar-refractivity contribution in [3.05, 3.63) is 52.4 Å². The summed E-state index contributed by atoms with van der Waals surface area (Å²) >= 11 is 12.0. The monoisotopic (exact) mass is 424 g/mol. The highest BCUT2D eigenvalue weighted by molar-refractivity contribution is 6.34. The van der Waals surface area contributed by atoms with Crippen molar-refractivity contribution in [1.82, 2.24) is 14.5 Å². The molecular weight excluding hydrogens is 407 g/mol. The van der Waals surface area contributed by atoms with Gasteiger partial charge < -0.3 is 30.4 Å². The summed E-state index contributed by atoms with van der Waals surface area (Å²) in [6.07, 6.45) is -1.87. The molecule has 3 heterocycles. The number of hydrogen-bond donors (Lipinski definition) is 4. The number of anilines is 1. The maximum Gasteiger partial charge on any atom is 0.164 e. The number of aliphatic hydroxyl groups is 3. The lowest BCUT2D eigenvalue weighted by molar-refractivity contribution is -0.115. The zero-order chi connectivity index (χ0) is 20.2. The van der Waals surface area contributed by atoms with Gasteiger partial charge in [-0.25, -0.2) is 9.97 Å². The zero-order valence-electron chi connectivity index (χ0n) is 14.7. The third-order valence-corrected chi connectivity index (χ3v) is 5.49. The lowest BCUT2D eigenvalue weighted by Gasteiger charge is -2.29. The van der Waals surface area contributed by atoms with Gasteiger partial charge in [-0.3, -0.25) is 0 Å². The molecule has 0 radical (unpaired) electrons. The Morgan fingerprint density at radius 1 is 1.25 bits per heavy atom. The number of halogens is 2. The summed E-state index contributed by atoms with van der Waals surface area (Å²) in [5.74, 6) is 0.285. The molecule has 148 valence electrons. The number of hydrogen-bond acceptors (Lipinski definition) is 7. The highest BCUT2D eigenvalue weighted by atomic mass is 35.5. The number of aliphatic hydroxyl groups excluding tert-OH is 2. The van der Waals surface area contributed by atoms with E-state index in [1.54, 1.807) is 16.8 Å². The van der Waals surface area contributed by atoms with Crippen molar-refractivity contribution in [3.63, 3.8) is 0 Å². The van der Waals surface area contributed by atoms with Crippen LogP contribution in [0.15, 0.2) is 36.8 Å². The smallest absolute Gasteiger partial charge is 0.164 e. The minimum absolute atomic E-state index is 0.285. The fourth-order valence-electron chi connectivity index (χ4n) is 3.55. The number of fused-ring (bicyclic) bond motifs is 1. The summed E-state index contributed by atoms with van der Waals surface area (Å²) in [5, 5.41) is 33.8. The molecule has 1 aromatic carbocycles. The second-order valence-corrected chi connectivity index (χ2v) is 7.86. The van der Waals surface area contributed by atoms with Crippen LogP contribution in [0, 0.1) is 0 Å². The van der Waals surface area contributed by atoms with Crippen molar-refractivity contribution in [3.8, 4) is 0 Å². The zero-order valence-corrected chi connectivity index (χ0v) is 16.2. The maximum absolute atomic E-state index is 10.9. The Labute approximate surface area is 170 Å². The van der Waals surface area contributed by atoms with Gasteiger partial charge in [-0.15, -0.1) is 0 Å². The molecule has 1 saturated heterocycles. The van der Waals surface area contributed by atoms with Crippen LogP contribution < -0.4 is 5.73 Å². The molecule has 28 heavy (non-hydrogen) atoms. The van der Waals surface area contributed by atoms with Gasteiger partial charge in [-0.2, -0.15) is 0 Å². The summed E-state index contributed by atoms with van der Waals surface area (Å²) < 4.78 is 7.45. The van der Waals surface area contributed by atoms with Crippen molar-refractivity contribution < 1.29 is 20.1 Å². The summed E-state index contributed by atoms with van der Waals surface area (Å²) in [6.45, 7) is 1.40. The number of nitrogens with two attached hydrogens (primary N) is 1. The van der Waals surface area contributed by atoms with Crippen LogP contribution in [0.5, 0.6) is 0 Å². The lowest BCUT2D eigenvalue weighted by Crippen LogP contribution is -2.47. The highest BCUT2D eigenvalue weighted by Crippen LogP contribution is 2.44. The molecule has 1 aliphatic heterocycles. The molecule has 0 aliphatic carbocycles. The number of nitrogen functional groups attached to an aromatic ring is 1. The van der Waals surface area contributed by atoms with Crippen LogP contribution in [0.4, 0.5) is 5.82 Å². The summed E-state index contributed by atoms with van der Waals surface area (Å²) in [6, 6.07) is 6.27. The molecule has 2 aromatic heterocycles. The molecular formula is C18H18Cl2N4O4. The molecule has 0 bridgehead atoms. The second kappa shape index (κ2) is 6.84. The van der Waals surface area contributed by atoms with Crippen LogP contribution in [-0.4, -0.2) is 47.7 Å². The molecule has 3 aromatic rings. The fourth-order valence-corrected chi connectivity index (χ4v) is 4.09. The first kappa shape index (κ1) is 19.4. The number of benzene rings is 1. The van der Waals surface area contributed by atoms with Gasteiger partial charge in [0.05, 0.1) is 5.39 Å². The highest BCUT2D eigenvalue weighted by Gasteiger charge is 2.55. The van der Waals surface area contributed by atoms with Gasteiger partial charge >= 0.3 is 0 Å². The van der Waals surface area contributed by atoms with Gasteiger partial charge in [0, 0.05) is 16.2 Å². The molecule has 5 N–H and O–H groups in total. The Morgan fingerprint density at radius 3 is 2.61 bits per heavy atom. The van der Waals surface area contributed by atoms with E-state index in [9.17, 15) is 15.3 Å². The van der Waals surface area contributed by atoms with Crippen molar-refractivity contribution in [1.29, 1.82) is 0 Å². The van der Waals surface area contributed by atoms with Gasteiger partial charge in [-0.05, 0) is 36.8 Å². The Bertz CT molecular complexity index is 1020. The first-order valence-electron chi connectivity index (χ1n) is 8.47. The predicted molar refractivity (Wildman–Crippen MR) is 104 cm³/mol. The Hall–Kier alpha value is -1.94. The van der Waals surface area contributed by atoms with Crippen LogP contribution in [0.2, 0.25) is 10.0 Å². The molecule has 0 spiro atoms. The standard InChI is InChI=1S/C18H18Cl2N4O4/c1-18(27)13(26)17(24-3-2-11-15(21)22-7-23-16(11)24)28-14(18)12(25)8-4-9(19)6-10(20)5-8/h2-7,12-14,17,25-27H,1H3,(H2,21,22,23)/t12?,13-,14+,17+,18-/m0/s1. The summed E-state index contributed by atoms with van der Waals surface area (Å²) in [4.78, 5) is 8.11. The Kier molecular flexibility index (Phi) is 4.73. The SMILES string of the molecule is C[C@@]1(O)[C@@H](C(O)c2cc(Cl)cc(Cl)c2)O[C@@H](n2ccc3c(N)ncnc32)[C@@H]1O. The van der Waals surface area contributed by atoms with Gasteiger partial charge in [0.15, 0.2) is 6.23 Å². The van der Waals surface area contributed by atoms with Crippen LogP contribution in [-0.2, 0) is 4.74 Å². The van der Waals surface area contributed by atoms with E-state index in [0.29, 0.717) is 26.6 Å². The fraction of sp³-hybridized carbons (Fsp3) is 0.333. The van der Waals surface area contributed by atoms with E-state index in [4.69, 9.17) is 33.7 Å². The van der Waals surface area contributed by atoms with Gasteiger partial charge in [0.25, 0.3) is 0 Å². The predicted octanol–water partition coefficient (Wildman–Crippen LogP) is 2.06. The lowest BCUT2D eigenvalue weighted by atomic mass is 9.88. The number of ether oxygens (including phenoxy) is 1. The van der Waals surface area contributed by atoms with Crippen molar-refractivity contribution >= 4 is 40.1 Å². The molecule has 10 heteroatoms. The van der Waals surface area contributed by atoms with E-state index in [2.05, 4.69) is 9.97 Å². The first-order chi connectivity index (χ1) is 13.2. The second-order valence-electron chi connectivity index (χ2n) is 6.98. The molecule has 4 rings (SSSR count). The number of aromatic nitrogens is 3. The Balaban J connectivity index is 1.72. The van der Waals surface area contributed by atoms with Gasteiger partial charge in [0.2, 0.25) is 0 Å². The van der Waals surface area contributed by atoms with E-state index >= 15 is 0 Å².